The zero-order valence-electron chi connectivity index (χ0n) is 9.55. The minimum atomic E-state index is -4.78. The van der Waals surface area contributed by atoms with Crippen LogP contribution in [0, 0.1) is 0 Å². The van der Waals surface area contributed by atoms with Crippen LogP contribution in [0.25, 0.3) is 0 Å². The van der Waals surface area contributed by atoms with Gasteiger partial charge in [0.1, 0.15) is 11.1 Å². The largest absolute Gasteiger partial charge is 0.573 e. The van der Waals surface area contributed by atoms with Gasteiger partial charge in [0.05, 0.1) is 4.90 Å². The van der Waals surface area contributed by atoms with Gasteiger partial charge in [0.15, 0.2) is 5.78 Å². The summed E-state index contributed by atoms with van der Waals surface area (Å²) in [5, 5.41) is -0.982. The van der Waals surface area contributed by atoms with E-state index in [-0.39, 0.29) is 16.4 Å². The Morgan fingerprint density at radius 2 is 2.06 bits per heavy atom. The summed E-state index contributed by atoms with van der Waals surface area (Å²) in [7, 11) is 0. The molecular weight excluding hydrogens is 289 g/mol. The maximum Gasteiger partial charge on any atom is 0.573 e. The average Bonchev–Trinajstić information content (AvgIpc) is 2.25. The van der Waals surface area contributed by atoms with E-state index >= 15 is 0 Å². The molecule has 1 rings (SSSR count). The van der Waals surface area contributed by atoms with Crippen LogP contribution in [0.4, 0.5) is 13.2 Å². The maximum absolute atomic E-state index is 12.2. The molecule has 1 aromatic carbocycles. The van der Waals surface area contributed by atoms with Crippen LogP contribution >= 0.6 is 23.4 Å². The highest BCUT2D eigenvalue weighted by Gasteiger charge is 2.33. The summed E-state index contributed by atoms with van der Waals surface area (Å²) in [6, 6.07) is 4.06. The molecule has 0 aromatic heterocycles. The van der Waals surface area contributed by atoms with Crippen molar-refractivity contribution in [2.45, 2.75) is 23.6 Å². The molecule has 0 spiro atoms. The lowest BCUT2D eigenvalue weighted by Gasteiger charge is -2.16. The molecular formula is C11H10ClF3O2S. The highest BCUT2D eigenvalue weighted by atomic mass is 35.5. The fraction of sp³-hybridized carbons (Fsp3) is 0.364. The number of Topliss-reactive ketones (excluding diaryl/α,β-unsaturated/α-hetero) is 1. The highest BCUT2D eigenvalue weighted by molar-refractivity contribution is 7.98. The number of hydrogen-bond acceptors (Lipinski definition) is 3. The van der Waals surface area contributed by atoms with E-state index in [1.54, 1.807) is 6.26 Å². The third-order valence-corrected chi connectivity index (χ3v) is 3.46. The van der Waals surface area contributed by atoms with E-state index < -0.39 is 11.7 Å². The normalized spacial score (nSPS) is 13.2. The van der Waals surface area contributed by atoms with Gasteiger partial charge >= 0.3 is 6.36 Å². The molecule has 0 saturated carbocycles. The van der Waals surface area contributed by atoms with Crippen LogP contribution in [-0.2, 0) is 4.79 Å². The van der Waals surface area contributed by atoms with Crippen LogP contribution in [0.1, 0.15) is 17.9 Å². The SMILES string of the molecule is CSc1c(OC(F)(F)F)cccc1C(Cl)C(C)=O. The van der Waals surface area contributed by atoms with Gasteiger partial charge in [-0.15, -0.1) is 36.5 Å². The highest BCUT2D eigenvalue weighted by Crippen LogP contribution is 2.39. The molecule has 0 fully saturated rings. The average molecular weight is 299 g/mol. The lowest BCUT2D eigenvalue weighted by Crippen LogP contribution is -2.18. The van der Waals surface area contributed by atoms with Crippen molar-refractivity contribution >= 4 is 29.1 Å². The second-order valence-corrected chi connectivity index (χ2v) is 4.65. The third kappa shape index (κ3) is 3.81. The molecule has 1 unspecified atom stereocenters. The van der Waals surface area contributed by atoms with Gasteiger partial charge in [-0.3, -0.25) is 4.79 Å². The van der Waals surface area contributed by atoms with Gasteiger partial charge in [-0.05, 0) is 24.8 Å². The first-order chi connectivity index (χ1) is 8.26. The van der Waals surface area contributed by atoms with Crippen molar-refractivity contribution in [3.05, 3.63) is 23.8 Å². The lowest BCUT2D eigenvalue weighted by molar-refractivity contribution is -0.275. The first kappa shape index (κ1) is 15.2. The zero-order chi connectivity index (χ0) is 13.9. The maximum atomic E-state index is 12.2. The van der Waals surface area contributed by atoms with Gasteiger partial charge < -0.3 is 4.74 Å². The third-order valence-electron chi connectivity index (χ3n) is 2.07. The Bertz CT molecular complexity index is 448. The second kappa shape index (κ2) is 5.84. The van der Waals surface area contributed by atoms with Crippen LogP contribution in [-0.4, -0.2) is 18.4 Å². The molecule has 0 aliphatic carbocycles. The Morgan fingerprint density at radius 1 is 1.44 bits per heavy atom. The van der Waals surface area contributed by atoms with Crippen molar-refractivity contribution in [1.29, 1.82) is 0 Å². The van der Waals surface area contributed by atoms with Gasteiger partial charge in [-0.25, -0.2) is 0 Å². The molecule has 0 saturated heterocycles. The molecule has 0 aliphatic heterocycles. The van der Waals surface area contributed by atoms with Crippen molar-refractivity contribution in [2.75, 3.05) is 6.26 Å². The summed E-state index contributed by atoms with van der Waals surface area (Å²) in [6.07, 6.45) is -3.19. The molecule has 1 aromatic rings. The quantitative estimate of drug-likeness (QED) is 0.616. The van der Waals surface area contributed by atoms with Crippen molar-refractivity contribution < 1.29 is 22.7 Å². The van der Waals surface area contributed by atoms with Crippen LogP contribution in [0.5, 0.6) is 5.75 Å². The number of ether oxygens (including phenoxy) is 1. The number of alkyl halides is 4. The van der Waals surface area contributed by atoms with Crippen molar-refractivity contribution in [2.24, 2.45) is 0 Å². The van der Waals surface area contributed by atoms with Crippen LogP contribution < -0.4 is 4.74 Å². The van der Waals surface area contributed by atoms with Crippen molar-refractivity contribution in [1.82, 2.24) is 0 Å². The predicted octanol–water partition coefficient (Wildman–Crippen LogP) is 4.18. The molecule has 100 valence electrons. The van der Waals surface area contributed by atoms with Gasteiger partial charge in [-0.1, -0.05) is 12.1 Å². The minimum absolute atomic E-state index is 0.213. The number of thioether (sulfide) groups is 1. The molecule has 0 bridgehead atoms. The molecule has 18 heavy (non-hydrogen) atoms. The zero-order valence-corrected chi connectivity index (χ0v) is 11.1. The Morgan fingerprint density at radius 3 is 2.50 bits per heavy atom. The monoisotopic (exact) mass is 298 g/mol. The topological polar surface area (TPSA) is 26.3 Å². The summed E-state index contributed by atoms with van der Waals surface area (Å²) in [6.45, 7) is 1.28. The molecule has 0 radical (unpaired) electrons. The molecule has 7 heteroatoms. The fourth-order valence-electron chi connectivity index (χ4n) is 1.37. The number of ketones is 1. The fourth-order valence-corrected chi connectivity index (χ4v) is 2.35. The summed E-state index contributed by atoms with van der Waals surface area (Å²) in [4.78, 5) is 11.4. The van der Waals surface area contributed by atoms with Gasteiger partial charge in [0.25, 0.3) is 0 Å². The molecule has 0 N–H and O–H groups in total. The smallest absolute Gasteiger partial charge is 0.405 e. The summed E-state index contributed by atoms with van der Waals surface area (Å²) >= 11 is 6.92. The van der Waals surface area contributed by atoms with Gasteiger partial charge in [0.2, 0.25) is 0 Å². The summed E-state index contributed by atoms with van der Waals surface area (Å²) < 4.78 is 40.6. The number of hydrogen-bond donors (Lipinski definition) is 0. The summed E-state index contributed by atoms with van der Waals surface area (Å²) in [5.74, 6) is -0.685. The Labute approximate surface area is 111 Å². The lowest BCUT2D eigenvalue weighted by atomic mass is 10.1. The van der Waals surface area contributed by atoms with Crippen LogP contribution in [0.15, 0.2) is 23.1 Å². The predicted molar refractivity (Wildman–Crippen MR) is 64.2 cm³/mol. The van der Waals surface area contributed by atoms with E-state index in [4.69, 9.17) is 11.6 Å². The molecule has 1 atom stereocenters. The second-order valence-electron chi connectivity index (χ2n) is 3.40. The van der Waals surface area contributed by atoms with E-state index in [0.717, 1.165) is 11.8 Å². The number of carbonyl (C=O) groups is 1. The van der Waals surface area contributed by atoms with Crippen LogP contribution in [0.3, 0.4) is 0 Å². The molecule has 0 heterocycles. The minimum Gasteiger partial charge on any atom is -0.405 e. The van der Waals surface area contributed by atoms with Crippen molar-refractivity contribution in [3.8, 4) is 5.75 Å². The van der Waals surface area contributed by atoms with E-state index in [1.807, 2.05) is 0 Å². The van der Waals surface area contributed by atoms with E-state index in [9.17, 15) is 18.0 Å². The molecule has 0 aliphatic rings. The van der Waals surface area contributed by atoms with Crippen molar-refractivity contribution in [3.63, 3.8) is 0 Å². The Kier molecular flexibility index (Phi) is 4.92. The standard InChI is InChI=1S/C11H10ClF3O2S/c1-6(16)9(12)7-4-3-5-8(10(7)18-2)17-11(13,14)15/h3-5,9H,1-2H3. The van der Waals surface area contributed by atoms with E-state index in [2.05, 4.69) is 4.74 Å². The van der Waals surface area contributed by atoms with Gasteiger partial charge in [-0.2, -0.15) is 0 Å². The number of rotatable bonds is 4. The van der Waals surface area contributed by atoms with E-state index in [1.165, 1.54) is 25.1 Å². The molecule has 2 nitrogen and oxygen atoms in total. The molecule has 0 amide bonds. The Hall–Kier alpha value is -0.880. The number of carbonyl (C=O) groups excluding carboxylic acids is 1. The number of halogens is 4. The van der Waals surface area contributed by atoms with Crippen LogP contribution in [0.2, 0.25) is 0 Å². The van der Waals surface area contributed by atoms with E-state index in [0.29, 0.717) is 5.56 Å². The Balaban J connectivity index is 3.22. The summed E-state index contributed by atoms with van der Waals surface area (Å²) in [5.41, 5.74) is 0.318. The first-order valence-corrected chi connectivity index (χ1v) is 6.49. The first-order valence-electron chi connectivity index (χ1n) is 4.83. The van der Waals surface area contributed by atoms with Gasteiger partial charge in [0, 0.05) is 0 Å². The number of benzene rings is 1.